The lowest BCUT2D eigenvalue weighted by Crippen LogP contribution is -2.40. The van der Waals surface area contributed by atoms with E-state index in [1.807, 2.05) is 12.1 Å². The number of amides is 2. The third-order valence-corrected chi connectivity index (χ3v) is 5.97. The highest BCUT2D eigenvalue weighted by molar-refractivity contribution is 6.07. The fourth-order valence-electron chi connectivity index (χ4n) is 4.88. The van der Waals surface area contributed by atoms with Crippen LogP contribution in [0.2, 0.25) is 0 Å². The Morgan fingerprint density at radius 3 is 1.87 bits per heavy atom. The molecule has 0 unspecified atom stereocenters. The number of rotatable bonds is 3. The molecule has 2 amide bonds. The molecule has 4 heteroatoms. The van der Waals surface area contributed by atoms with E-state index in [-0.39, 0.29) is 42.1 Å². The molecule has 1 N–H and O–H groups in total. The Balaban J connectivity index is 1.84. The number of nitrogens with zero attached hydrogens (tertiary/aromatic N) is 1. The number of aliphatic hydroxyl groups excluding tert-OH is 1. The van der Waals surface area contributed by atoms with Gasteiger partial charge < -0.3 is 5.11 Å². The Kier molecular flexibility index (Phi) is 3.20. The topological polar surface area (TPSA) is 57.6 Å². The van der Waals surface area contributed by atoms with Crippen LogP contribution in [-0.2, 0) is 9.59 Å². The van der Waals surface area contributed by atoms with Gasteiger partial charge in [-0.2, -0.15) is 0 Å². The third kappa shape index (κ3) is 1.75. The highest BCUT2D eigenvalue weighted by atomic mass is 16.3. The Morgan fingerprint density at radius 1 is 0.957 bits per heavy atom. The first-order valence-electron chi connectivity index (χ1n) is 8.30. The molecule has 23 heavy (non-hydrogen) atoms. The van der Waals surface area contributed by atoms with Crippen LogP contribution in [0.15, 0.2) is 35.4 Å². The minimum absolute atomic E-state index is 0.00418. The number of aliphatic hydroxyl groups is 1. The minimum atomic E-state index is -0.259. The molecule has 1 aromatic carbocycles. The molecule has 4 nitrogen and oxygen atoms in total. The molecule has 120 valence electrons. The molecule has 5 rings (SSSR count). The van der Waals surface area contributed by atoms with Gasteiger partial charge in [0.05, 0.1) is 11.8 Å². The fraction of sp³-hybridized carbons (Fsp3) is 0.474. The van der Waals surface area contributed by atoms with Crippen molar-refractivity contribution in [2.45, 2.75) is 32.1 Å². The third-order valence-electron chi connectivity index (χ3n) is 5.97. The summed E-state index contributed by atoms with van der Waals surface area (Å²) in [5.41, 5.74) is 4.93. The standard InChI is InChI=1S/C19H21NO3/c1-10-11(2)15-13-7-4-3-6-12(13)14(10)16-17(15)19(23)20(18(16)22)8-5-9-21/h3-4,6-7,14-17,21H,5,8-9H2,1-2H3/t14-,15+,16-,17+. The van der Waals surface area contributed by atoms with Crippen LogP contribution in [0.4, 0.5) is 0 Å². The van der Waals surface area contributed by atoms with Crippen molar-refractivity contribution < 1.29 is 14.7 Å². The Morgan fingerprint density at radius 2 is 1.43 bits per heavy atom. The summed E-state index contributed by atoms with van der Waals surface area (Å²) in [5, 5.41) is 9.04. The normalized spacial score (nSPS) is 31.7. The van der Waals surface area contributed by atoms with Crippen LogP contribution in [0.25, 0.3) is 0 Å². The highest BCUT2D eigenvalue weighted by Gasteiger charge is 2.60. The van der Waals surface area contributed by atoms with E-state index in [1.165, 1.54) is 27.2 Å². The summed E-state index contributed by atoms with van der Waals surface area (Å²) >= 11 is 0. The molecule has 0 saturated carbocycles. The predicted molar refractivity (Wildman–Crippen MR) is 85.7 cm³/mol. The molecule has 1 aromatic rings. The molecule has 1 fully saturated rings. The van der Waals surface area contributed by atoms with Crippen molar-refractivity contribution >= 4 is 11.8 Å². The van der Waals surface area contributed by atoms with Crippen molar-refractivity contribution in [2.75, 3.05) is 13.2 Å². The molecule has 0 radical (unpaired) electrons. The van der Waals surface area contributed by atoms with Gasteiger partial charge in [-0.25, -0.2) is 0 Å². The second kappa shape index (κ2) is 5.03. The molecule has 1 heterocycles. The summed E-state index contributed by atoms with van der Waals surface area (Å²) in [7, 11) is 0. The predicted octanol–water partition coefficient (Wildman–Crippen LogP) is 2.20. The number of imide groups is 1. The molecule has 1 aliphatic heterocycles. The number of benzene rings is 1. The number of hydrogen-bond acceptors (Lipinski definition) is 3. The van der Waals surface area contributed by atoms with Crippen LogP contribution in [0.5, 0.6) is 0 Å². The van der Waals surface area contributed by atoms with Crippen molar-refractivity contribution in [1.29, 1.82) is 0 Å². The van der Waals surface area contributed by atoms with Crippen molar-refractivity contribution in [3.05, 3.63) is 46.5 Å². The minimum Gasteiger partial charge on any atom is -0.396 e. The number of carbonyl (C=O) groups is 2. The Hall–Kier alpha value is -1.94. The van der Waals surface area contributed by atoms with Crippen LogP contribution in [0.3, 0.4) is 0 Å². The molecular formula is C19H21NO3. The quantitative estimate of drug-likeness (QED) is 0.688. The highest BCUT2D eigenvalue weighted by Crippen LogP contribution is 2.60. The van der Waals surface area contributed by atoms with E-state index in [9.17, 15) is 9.59 Å². The lowest BCUT2D eigenvalue weighted by molar-refractivity contribution is -0.140. The van der Waals surface area contributed by atoms with Gasteiger partial charge in [-0.3, -0.25) is 14.5 Å². The maximum absolute atomic E-state index is 12.9. The van der Waals surface area contributed by atoms with Crippen LogP contribution in [-0.4, -0.2) is 35.0 Å². The zero-order chi connectivity index (χ0) is 16.3. The smallest absolute Gasteiger partial charge is 0.234 e. The average molecular weight is 311 g/mol. The molecule has 2 bridgehead atoms. The van der Waals surface area contributed by atoms with Gasteiger partial charge >= 0.3 is 0 Å². The molecule has 4 aliphatic rings. The second-order valence-corrected chi connectivity index (χ2v) is 6.91. The summed E-state index contributed by atoms with van der Waals surface area (Å²) in [4.78, 5) is 27.2. The van der Waals surface area contributed by atoms with Crippen LogP contribution in [0, 0.1) is 11.8 Å². The number of hydrogen-bond donors (Lipinski definition) is 1. The summed E-state index contributed by atoms with van der Waals surface area (Å²) in [6.45, 7) is 4.53. The molecule has 3 aliphatic carbocycles. The number of allylic oxidation sites excluding steroid dienone is 2. The van der Waals surface area contributed by atoms with E-state index in [4.69, 9.17) is 5.11 Å². The number of carbonyl (C=O) groups excluding carboxylic acids is 2. The summed E-state index contributed by atoms with van der Waals surface area (Å²) < 4.78 is 0. The van der Waals surface area contributed by atoms with Gasteiger partial charge in [0.25, 0.3) is 0 Å². The molecular weight excluding hydrogens is 290 g/mol. The zero-order valence-corrected chi connectivity index (χ0v) is 13.5. The maximum atomic E-state index is 12.9. The number of likely N-dealkylation sites (tertiary alicyclic amines) is 1. The van der Waals surface area contributed by atoms with Gasteiger partial charge in [0.15, 0.2) is 0 Å². The summed E-state index contributed by atoms with van der Waals surface area (Å²) in [5.74, 6) is -0.572. The summed E-state index contributed by atoms with van der Waals surface area (Å²) in [6, 6.07) is 8.24. The van der Waals surface area contributed by atoms with Crippen molar-refractivity contribution in [2.24, 2.45) is 11.8 Å². The first-order valence-corrected chi connectivity index (χ1v) is 8.30. The van der Waals surface area contributed by atoms with Crippen LogP contribution in [0.1, 0.15) is 43.2 Å². The molecule has 0 aromatic heterocycles. The molecule has 1 saturated heterocycles. The fourth-order valence-corrected chi connectivity index (χ4v) is 4.88. The van der Waals surface area contributed by atoms with Gasteiger partial charge in [-0.15, -0.1) is 0 Å². The monoisotopic (exact) mass is 311 g/mol. The van der Waals surface area contributed by atoms with E-state index < -0.39 is 0 Å². The van der Waals surface area contributed by atoms with Crippen LogP contribution < -0.4 is 0 Å². The van der Waals surface area contributed by atoms with Gasteiger partial charge in [-0.1, -0.05) is 35.4 Å². The van der Waals surface area contributed by atoms with E-state index in [2.05, 4.69) is 26.0 Å². The Labute approximate surface area is 135 Å². The van der Waals surface area contributed by atoms with E-state index in [1.54, 1.807) is 0 Å². The lowest BCUT2D eigenvalue weighted by Gasteiger charge is -2.46. The van der Waals surface area contributed by atoms with Gasteiger partial charge in [0.2, 0.25) is 11.8 Å². The zero-order valence-electron chi connectivity index (χ0n) is 13.5. The molecule has 0 spiro atoms. The molecule has 4 atom stereocenters. The van der Waals surface area contributed by atoms with Crippen LogP contribution >= 0.6 is 0 Å². The van der Waals surface area contributed by atoms with Crippen molar-refractivity contribution in [3.8, 4) is 0 Å². The average Bonchev–Trinajstić information content (AvgIpc) is 2.80. The summed E-state index contributed by atoms with van der Waals surface area (Å²) in [6.07, 6.45) is 0.449. The first-order chi connectivity index (χ1) is 11.1. The Bertz CT molecular complexity index is 679. The van der Waals surface area contributed by atoms with Crippen molar-refractivity contribution in [1.82, 2.24) is 4.90 Å². The SMILES string of the molecule is CC1=C(C)[C@H]2c3ccccc3[C@@H]1[C@H]1C(=O)N(CCCO)C(=O)[C@H]12. The van der Waals surface area contributed by atoms with Gasteiger partial charge in [0, 0.05) is 25.0 Å². The van der Waals surface area contributed by atoms with Crippen molar-refractivity contribution in [3.63, 3.8) is 0 Å². The largest absolute Gasteiger partial charge is 0.396 e. The second-order valence-electron chi connectivity index (χ2n) is 6.91. The van der Waals surface area contributed by atoms with E-state index in [0.717, 1.165) is 0 Å². The lowest BCUT2D eigenvalue weighted by atomic mass is 9.55. The maximum Gasteiger partial charge on any atom is 0.234 e. The van der Waals surface area contributed by atoms with E-state index >= 15 is 0 Å². The van der Waals surface area contributed by atoms with Gasteiger partial charge in [-0.05, 0) is 31.4 Å². The van der Waals surface area contributed by atoms with Gasteiger partial charge in [0.1, 0.15) is 0 Å². The first kappa shape index (κ1) is 14.6. The van der Waals surface area contributed by atoms with E-state index in [0.29, 0.717) is 13.0 Å².